The number of rotatable bonds is 9. The van der Waals surface area contributed by atoms with Crippen LogP contribution in [0.3, 0.4) is 0 Å². The number of fused-ring (bicyclic) bond motifs is 1. The smallest absolute Gasteiger partial charge is 0.295 e. The maximum absolute atomic E-state index is 13.3. The molecule has 1 fully saturated rings. The zero-order valence-electron chi connectivity index (χ0n) is 21.1. The molecule has 0 aromatic heterocycles. The minimum Gasteiger partial charge on any atom is -0.507 e. The zero-order chi connectivity index (χ0) is 25.1. The monoisotopic (exact) mass is 477 g/mol. The van der Waals surface area contributed by atoms with Gasteiger partial charge in [-0.2, -0.15) is 0 Å². The van der Waals surface area contributed by atoms with Crippen LogP contribution in [-0.4, -0.2) is 73.5 Å². The highest BCUT2D eigenvalue weighted by molar-refractivity contribution is 6.46. The molecule has 35 heavy (non-hydrogen) atoms. The van der Waals surface area contributed by atoms with Crippen molar-refractivity contribution in [3.63, 3.8) is 0 Å². The van der Waals surface area contributed by atoms with Crippen molar-refractivity contribution in [3.05, 3.63) is 64.7 Å². The summed E-state index contributed by atoms with van der Waals surface area (Å²) in [5, 5.41) is 11.3. The van der Waals surface area contributed by atoms with Gasteiger partial charge in [0.05, 0.1) is 18.2 Å². The third kappa shape index (κ3) is 4.91. The van der Waals surface area contributed by atoms with Crippen molar-refractivity contribution in [2.24, 2.45) is 0 Å². The molecule has 7 nitrogen and oxygen atoms in total. The maximum Gasteiger partial charge on any atom is 0.295 e. The molecule has 1 saturated heterocycles. The Balaban J connectivity index is 1.76. The van der Waals surface area contributed by atoms with Crippen molar-refractivity contribution in [1.82, 2.24) is 9.80 Å². The van der Waals surface area contributed by atoms with Gasteiger partial charge in [0.1, 0.15) is 11.5 Å². The molecule has 2 aliphatic rings. The summed E-state index contributed by atoms with van der Waals surface area (Å²) in [5.74, 6) is -0.533. The van der Waals surface area contributed by atoms with Crippen LogP contribution in [0.2, 0.25) is 0 Å². The minimum atomic E-state index is -0.637. The van der Waals surface area contributed by atoms with Crippen molar-refractivity contribution in [2.75, 3.05) is 51.8 Å². The number of hydrogen-bond acceptors (Lipinski definition) is 6. The van der Waals surface area contributed by atoms with Crippen molar-refractivity contribution in [2.45, 2.75) is 32.7 Å². The van der Waals surface area contributed by atoms with Crippen molar-refractivity contribution in [1.29, 1.82) is 0 Å². The predicted molar refractivity (Wildman–Crippen MR) is 138 cm³/mol. The Labute approximate surface area is 207 Å². The largest absolute Gasteiger partial charge is 0.507 e. The third-order valence-electron chi connectivity index (χ3n) is 6.84. The van der Waals surface area contributed by atoms with Gasteiger partial charge in [0.2, 0.25) is 0 Å². The number of nitrogens with zero attached hydrogens (tertiary/aromatic N) is 3. The van der Waals surface area contributed by atoms with Gasteiger partial charge in [0, 0.05) is 37.3 Å². The molecule has 0 spiro atoms. The molecule has 1 unspecified atom stereocenters. The fraction of sp³-hybridized carbons (Fsp3) is 0.429. The number of likely N-dealkylation sites (tertiary alicyclic amines) is 1. The molecule has 0 radical (unpaired) electrons. The lowest BCUT2D eigenvalue weighted by molar-refractivity contribution is -0.139. The summed E-state index contributed by atoms with van der Waals surface area (Å²) in [4.78, 5) is 32.3. The second-order valence-corrected chi connectivity index (χ2v) is 9.33. The quantitative estimate of drug-likeness (QED) is 0.336. The fourth-order valence-corrected chi connectivity index (χ4v) is 4.96. The predicted octanol–water partition coefficient (Wildman–Crippen LogP) is 3.84. The van der Waals surface area contributed by atoms with Crippen LogP contribution in [0.1, 0.15) is 43.0 Å². The second kappa shape index (κ2) is 10.5. The van der Waals surface area contributed by atoms with Gasteiger partial charge < -0.3 is 24.5 Å². The van der Waals surface area contributed by atoms with Gasteiger partial charge in [-0.15, -0.1) is 0 Å². The van der Waals surface area contributed by atoms with Crippen molar-refractivity contribution in [3.8, 4) is 5.75 Å². The first-order valence-electron chi connectivity index (χ1n) is 12.4. The van der Waals surface area contributed by atoms with Crippen LogP contribution in [0.4, 0.5) is 5.69 Å². The first-order chi connectivity index (χ1) is 16.8. The van der Waals surface area contributed by atoms with Gasteiger partial charge in [-0.1, -0.05) is 12.1 Å². The molecule has 0 saturated carbocycles. The van der Waals surface area contributed by atoms with Gasteiger partial charge in [-0.3, -0.25) is 9.59 Å². The Morgan fingerprint density at radius 1 is 1.09 bits per heavy atom. The van der Waals surface area contributed by atoms with E-state index in [0.717, 1.165) is 55.0 Å². The first kappa shape index (κ1) is 24.8. The Hall–Kier alpha value is -3.32. The number of ether oxygens (including phenoxy) is 1. The van der Waals surface area contributed by atoms with Gasteiger partial charge >= 0.3 is 0 Å². The number of anilines is 1. The average Bonchev–Trinajstić information content (AvgIpc) is 3.42. The molecule has 2 aromatic carbocycles. The lowest BCUT2D eigenvalue weighted by atomic mass is 9.94. The van der Waals surface area contributed by atoms with E-state index in [1.165, 1.54) is 0 Å². The summed E-state index contributed by atoms with van der Waals surface area (Å²) in [6.07, 6.45) is 1.48. The van der Waals surface area contributed by atoms with Crippen LogP contribution in [0.25, 0.3) is 5.76 Å². The Bertz CT molecular complexity index is 1120. The number of benzene rings is 2. The fourth-order valence-electron chi connectivity index (χ4n) is 4.96. The lowest BCUT2D eigenvalue weighted by Crippen LogP contribution is -2.32. The molecular formula is C28H35N3O4. The Morgan fingerprint density at radius 2 is 1.80 bits per heavy atom. The van der Waals surface area contributed by atoms with E-state index >= 15 is 0 Å². The van der Waals surface area contributed by atoms with E-state index in [4.69, 9.17) is 4.74 Å². The summed E-state index contributed by atoms with van der Waals surface area (Å²) < 4.78 is 5.58. The summed E-state index contributed by atoms with van der Waals surface area (Å²) in [6, 6.07) is 12.8. The highest BCUT2D eigenvalue weighted by Crippen LogP contribution is 2.40. The van der Waals surface area contributed by atoms with E-state index in [1.807, 2.05) is 50.5 Å². The molecule has 2 aromatic rings. The van der Waals surface area contributed by atoms with E-state index in [0.29, 0.717) is 18.7 Å². The molecule has 186 valence electrons. The topological polar surface area (TPSA) is 73.3 Å². The third-order valence-corrected chi connectivity index (χ3v) is 6.84. The standard InChI is InChI=1S/C28H35N3O4/c1-5-30(6-2)22-11-8-19(9-12-22)25-24(27(33)28(34)31(25)16-7-15-29(3)4)26(32)21-10-13-23-20(18-21)14-17-35-23/h8-13,18,25,32H,5-7,14-17H2,1-4H3/b26-24-. The van der Waals surface area contributed by atoms with Gasteiger partial charge in [0.25, 0.3) is 11.7 Å². The highest BCUT2D eigenvalue weighted by atomic mass is 16.5. The molecule has 2 heterocycles. The number of aliphatic hydroxyl groups is 1. The Kier molecular flexibility index (Phi) is 7.45. The van der Waals surface area contributed by atoms with E-state index in [-0.39, 0.29) is 11.3 Å². The molecule has 4 rings (SSSR count). The van der Waals surface area contributed by atoms with Crippen LogP contribution < -0.4 is 9.64 Å². The van der Waals surface area contributed by atoms with Gasteiger partial charge in [-0.25, -0.2) is 0 Å². The second-order valence-electron chi connectivity index (χ2n) is 9.33. The Morgan fingerprint density at radius 3 is 2.46 bits per heavy atom. The van der Waals surface area contributed by atoms with Crippen molar-refractivity contribution < 1.29 is 19.4 Å². The van der Waals surface area contributed by atoms with E-state index in [9.17, 15) is 14.7 Å². The SMILES string of the molecule is CCN(CC)c1ccc(C2/C(=C(/O)c3ccc4c(c3)CCO4)C(=O)C(=O)N2CCCN(C)C)cc1. The summed E-state index contributed by atoms with van der Waals surface area (Å²) >= 11 is 0. The number of ketones is 1. The van der Waals surface area contributed by atoms with Crippen LogP contribution >= 0.6 is 0 Å². The molecule has 1 atom stereocenters. The van der Waals surface area contributed by atoms with Crippen molar-refractivity contribution >= 4 is 23.1 Å². The van der Waals surface area contributed by atoms with E-state index in [2.05, 4.69) is 23.6 Å². The van der Waals surface area contributed by atoms with Crippen LogP contribution in [0, 0.1) is 0 Å². The van der Waals surface area contributed by atoms with Gasteiger partial charge in [-0.05, 0) is 82.4 Å². The normalized spacial score (nSPS) is 18.8. The molecule has 1 N–H and O–H groups in total. The van der Waals surface area contributed by atoms with Crippen LogP contribution in [0.15, 0.2) is 48.0 Å². The number of carbonyl (C=O) groups is 2. The number of amides is 1. The molecule has 0 aliphatic carbocycles. The van der Waals surface area contributed by atoms with Gasteiger partial charge in [0.15, 0.2) is 0 Å². The number of Topliss-reactive ketones (excluding diaryl/α,β-unsaturated/α-hetero) is 1. The molecule has 1 amide bonds. The molecule has 0 bridgehead atoms. The van der Waals surface area contributed by atoms with E-state index in [1.54, 1.807) is 11.0 Å². The maximum atomic E-state index is 13.3. The summed E-state index contributed by atoms with van der Waals surface area (Å²) in [7, 11) is 3.96. The molecule has 7 heteroatoms. The molecular weight excluding hydrogens is 442 g/mol. The lowest BCUT2D eigenvalue weighted by Gasteiger charge is -2.27. The average molecular weight is 478 g/mol. The molecule has 2 aliphatic heterocycles. The highest BCUT2D eigenvalue weighted by Gasteiger charge is 2.45. The summed E-state index contributed by atoms with van der Waals surface area (Å²) in [6.45, 7) is 7.83. The minimum absolute atomic E-state index is 0.133. The summed E-state index contributed by atoms with van der Waals surface area (Å²) in [5.41, 5.74) is 3.58. The van der Waals surface area contributed by atoms with E-state index < -0.39 is 17.7 Å². The zero-order valence-corrected chi connectivity index (χ0v) is 21.1. The number of carbonyl (C=O) groups excluding carboxylic acids is 2. The van der Waals surface area contributed by atoms with Crippen LogP contribution in [0.5, 0.6) is 5.75 Å². The van der Waals surface area contributed by atoms with Crippen LogP contribution in [-0.2, 0) is 16.0 Å². The number of aliphatic hydroxyl groups excluding tert-OH is 1. The first-order valence-corrected chi connectivity index (χ1v) is 12.4. The number of hydrogen-bond donors (Lipinski definition) is 1.